The first-order valence-electron chi connectivity index (χ1n) is 19.6. The number of hydrogen-bond donors (Lipinski definition) is 2. The van der Waals surface area contributed by atoms with E-state index in [1.54, 1.807) is 18.9 Å². The molecule has 0 spiro atoms. The van der Waals surface area contributed by atoms with E-state index in [1.165, 1.54) is 0 Å². The molecule has 0 saturated carbocycles. The molecule has 330 valence electrons. The second-order valence-electron chi connectivity index (χ2n) is 12.2. The zero-order valence-corrected chi connectivity index (χ0v) is 34.3. The Morgan fingerprint density at radius 3 is 1.68 bits per heavy atom. The van der Waals surface area contributed by atoms with Gasteiger partial charge in [-0.15, -0.1) is 20.4 Å². The van der Waals surface area contributed by atoms with E-state index < -0.39 is 0 Å². The summed E-state index contributed by atoms with van der Waals surface area (Å²) in [6.07, 6.45) is 0.580. The van der Waals surface area contributed by atoms with Crippen LogP contribution in [0.15, 0.2) is 29.4 Å². The minimum atomic E-state index is -0.207. The van der Waals surface area contributed by atoms with Gasteiger partial charge in [0.1, 0.15) is 12.4 Å². The largest absolute Gasteiger partial charge is 0.491 e. The summed E-state index contributed by atoms with van der Waals surface area (Å²) in [5, 5.41) is 24.6. The molecular weight excluding hydrogens is 776 g/mol. The topological polar surface area (TPSA) is 262 Å². The van der Waals surface area contributed by atoms with Crippen LogP contribution in [0.2, 0.25) is 0 Å². The summed E-state index contributed by atoms with van der Waals surface area (Å²) >= 11 is 0. The molecule has 0 unspecified atom stereocenters. The maximum atomic E-state index is 13.0. The van der Waals surface area contributed by atoms with Gasteiger partial charge in [-0.3, -0.25) is 14.4 Å². The van der Waals surface area contributed by atoms with Crippen LogP contribution in [0.5, 0.6) is 5.75 Å². The third-order valence-electron chi connectivity index (χ3n) is 7.69. The van der Waals surface area contributed by atoms with Gasteiger partial charge in [0.05, 0.1) is 112 Å². The number of hydrogen-bond acceptors (Lipinski definition) is 17. The van der Waals surface area contributed by atoms with Crippen molar-refractivity contribution in [1.29, 1.82) is 0 Å². The first kappa shape index (κ1) is 50.5. The van der Waals surface area contributed by atoms with E-state index in [0.717, 1.165) is 5.56 Å². The van der Waals surface area contributed by atoms with Gasteiger partial charge in [0.2, 0.25) is 23.5 Å². The average Bonchev–Trinajstić information content (AvgIpc) is 3.25. The Labute approximate surface area is 344 Å². The van der Waals surface area contributed by atoms with Crippen LogP contribution in [0.4, 0.5) is 0 Å². The van der Waals surface area contributed by atoms with Crippen LogP contribution < -0.4 is 15.4 Å². The average molecular weight is 837 g/mol. The Morgan fingerprint density at radius 1 is 0.627 bits per heavy atom. The van der Waals surface area contributed by atoms with E-state index in [9.17, 15) is 14.4 Å². The minimum Gasteiger partial charge on any atom is -0.491 e. The standard InChI is InChI=1S/C37H60N10O12/c1-31-42-44-37(45-43-31)32-3-5-33(6-4-32)59-30-29-58-28-27-57-26-25-56-24-21-53-16-9-36(50)47(13-18-55-23-22-54-17-11-41-46-38)12-10-40-35(49)8-15-52-20-19-51-14-7-34(48)39-2/h3-6H,7-30H2,1-2H3,(H,39,48)(H,40,49). The van der Waals surface area contributed by atoms with Gasteiger partial charge in [0.15, 0.2) is 5.82 Å². The van der Waals surface area contributed by atoms with Gasteiger partial charge >= 0.3 is 0 Å². The number of nitrogens with zero attached hydrogens (tertiary/aromatic N) is 8. The summed E-state index contributed by atoms with van der Waals surface area (Å²) in [4.78, 5) is 40.7. The van der Waals surface area contributed by atoms with E-state index >= 15 is 0 Å². The smallest absolute Gasteiger partial charge is 0.225 e. The van der Waals surface area contributed by atoms with Crippen molar-refractivity contribution in [2.75, 3.05) is 146 Å². The van der Waals surface area contributed by atoms with E-state index in [1.807, 2.05) is 24.3 Å². The number of azide groups is 1. The predicted octanol–water partition coefficient (Wildman–Crippen LogP) is 0.925. The number of carbonyl (C=O) groups is 3. The fourth-order valence-electron chi connectivity index (χ4n) is 4.60. The molecule has 0 aliphatic heterocycles. The van der Waals surface area contributed by atoms with Gasteiger partial charge < -0.3 is 58.2 Å². The summed E-state index contributed by atoms with van der Waals surface area (Å²) in [6, 6.07) is 7.34. The molecule has 3 amide bonds. The van der Waals surface area contributed by atoms with Crippen LogP contribution in [-0.2, 0) is 52.3 Å². The Balaban J connectivity index is 1.50. The van der Waals surface area contributed by atoms with Crippen molar-refractivity contribution in [3.8, 4) is 17.1 Å². The summed E-state index contributed by atoms with van der Waals surface area (Å²) < 4.78 is 49.6. The number of nitrogens with one attached hydrogen (secondary N) is 2. The van der Waals surface area contributed by atoms with Crippen LogP contribution in [0.25, 0.3) is 21.8 Å². The Hall–Kier alpha value is -4.64. The Morgan fingerprint density at radius 2 is 1.12 bits per heavy atom. The lowest BCUT2D eigenvalue weighted by molar-refractivity contribution is -0.134. The molecule has 1 aromatic heterocycles. The van der Waals surface area contributed by atoms with Crippen molar-refractivity contribution in [1.82, 2.24) is 35.9 Å². The molecule has 0 atom stereocenters. The summed E-state index contributed by atoms with van der Waals surface area (Å²) in [6.45, 7) is 8.47. The zero-order valence-electron chi connectivity index (χ0n) is 34.3. The van der Waals surface area contributed by atoms with Gasteiger partial charge in [-0.2, -0.15) is 0 Å². The van der Waals surface area contributed by atoms with E-state index in [4.69, 9.17) is 48.2 Å². The van der Waals surface area contributed by atoms with Gasteiger partial charge in [0, 0.05) is 56.5 Å². The van der Waals surface area contributed by atoms with Gasteiger partial charge in [-0.25, -0.2) is 0 Å². The monoisotopic (exact) mass is 836 g/mol. The maximum Gasteiger partial charge on any atom is 0.225 e. The fourth-order valence-corrected chi connectivity index (χ4v) is 4.60. The SMILES string of the molecule is CNC(=O)CCOCCOCCC(=O)NCCN(CCOCCOCCN=[N+]=[N-])C(=O)CCOCCOCCOCCOCCOc1ccc(-c2nnc(C)nn2)cc1. The molecule has 2 N–H and O–H groups in total. The lowest BCUT2D eigenvalue weighted by Gasteiger charge is -2.23. The molecule has 0 aliphatic carbocycles. The summed E-state index contributed by atoms with van der Waals surface area (Å²) in [5.74, 6) is 1.21. The number of amides is 3. The number of aryl methyl sites for hydroxylation is 1. The normalized spacial score (nSPS) is 10.9. The molecule has 2 rings (SSSR count). The van der Waals surface area contributed by atoms with Crippen molar-refractivity contribution in [2.24, 2.45) is 5.11 Å². The third-order valence-corrected chi connectivity index (χ3v) is 7.69. The molecule has 0 fully saturated rings. The number of aromatic nitrogens is 4. The highest BCUT2D eigenvalue weighted by atomic mass is 16.6. The molecule has 22 heteroatoms. The molecule has 2 aromatic rings. The number of carbonyl (C=O) groups excluding carboxylic acids is 3. The molecule has 0 saturated heterocycles. The highest BCUT2D eigenvalue weighted by Crippen LogP contribution is 2.18. The predicted molar refractivity (Wildman–Crippen MR) is 211 cm³/mol. The second-order valence-corrected chi connectivity index (χ2v) is 12.2. The van der Waals surface area contributed by atoms with Crippen molar-refractivity contribution < 1.29 is 57.0 Å². The highest BCUT2D eigenvalue weighted by molar-refractivity contribution is 5.77. The van der Waals surface area contributed by atoms with Crippen LogP contribution >= 0.6 is 0 Å². The first-order chi connectivity index (χ1) is 28.9. The molecule has 1 aromatic carbocycles. The van der Waals surface area contributed by atoms with Gasteiger partial charge in [-0.1, -0.05) is 5.11 Å². The molecule has 0 bridgehead atoms. The Kier molecular flexibility index (Phi) is 30.2. The van der Waals surface area contributed by atoms with Crippen molar-refractivity contribution in [2.45, 2.75) is 26.2 Å². The van der Waals surface area contributed by atoms with E-state index in [2.05, 4.69) is 41.1 Å². The van der Waals surface area contributed by atoms with Crippen LogP contribution in [0, 0.1) is 6.92 Å². The lowest BCUT2D eigenvalue weighted by Crippen LogP contribution is -2.41. The molecule has 0 radical (unpaired) electrons. The van der Waals surface area contributed by atoms with Crippen LogP contribution in [-0.4, -0.2) is 189 Å². The molecule has 0 aliphatic rings. The Bertz CT molecular complexity index is 1440. The quantitative estimate of drug-likeness (QED) is 0.0412. The molecular formula is C37H60N10O12. The van der Waals surface area contributed by atoms with Crippen LogP contribution in [0.1, 0.15) is 25.1 Å². The number of rotatable bonds is 38. The van der Waals surface area contributed by atoms with Crippen molar-refractivity contribution in [3.63, 3.8) is 0 Å². The number of ether oxygens (including phenoxy) is 9. The number of benzene rings is 1. The lowest BCUT2D eigenvalue weighted by atomic mass is 10.2. The van der Waals surface area contributed by atoms with Crippen LogP contribution in [0.3, 0.4) is 0 Å². The fraction of sp³-hybridized carbons (Fsp3) is 0.703. The van der Waals surface area contributed by atoms with Gasteiger partial charge in [-0.05, 0) is 36.7 Å². The molecule has 22 nitrogen and oxygen atoms in total. The molecule has 59 heavy (non-hydrogen) atoms. The second kappa shape index (κ2) is 35.3. The maximum absolute atomic E-state index is 13.0. The highest BCUT2D eigenvalue weighted by Gasteiger charge is 2.14. The van der Waals surface area contributed by atoms with E-state index in [0.29, 0.717) is 116 Å². The summed E-state index contributed by atoms with van der Waals surface area (Å²) in [7, 11) is 1.57. The third kappa shape index (κ3) is 27.6. The van der Waals surface area contributed by atoms with Gasteiger partial charge in [0.25, 0.3) is 0 Å². The van der Waals surface area contributed by atoms with E-state index in [-0.39, 0.29) is 76.4 Å². The van der Waals surface area contributed by atoms with Crippen molar-refractivity contribution >= 4 is 17.7 Å². The summed E-state index contributed by atoms with van der Waals surface area (Å²) in [5.41, 5.74) is 9.11. The first-order valence-corrected chi connectivity index (χ1v) is 19.6. The zero-order chi connectivity index (χ0) is 42.4. The van der Waals surface area contributed by atoms with Crippen molar-refractivity contribution in [3.05, 3.63) is 40.5 Å². The molecule has 1 heterocycles. The minimum absolute atomic E-state index is 0.0982.